The van der Waals surface area contributed by atoms with E-state index in [2.05, 4.69) is 25.7 Å². The number of hydrogen-bond acceptors (Lipinski definition) is 7. The quantitative estimate of drug-likeness (QED) is 0.503. The third kappa shape index (κ3) is 3.51. The minimum Gasteiger partial charge on any atom is -0.424 e. The average molecular weight is 394 g/mol. The molecule has 0 bridgehead atoms. The fourth-order valence-corrected chi connectivity index (χ4v) is 2.97. The Kier molecular flexibility index (Phi) is 3.97. The lowest BCUT2D eigenvalue weighted by molar-refractivity contribution is -0.124. The van der Waals surface area contributed by atoms with Crippen molar-refractivity contribution in [2.45, 2.75) is 25.3 Å². The molecule has 2 fully saturated rings. The van der Waals surface area contributed by atoms with Gasteiger partial charge >= 0.3 is 6.01 Å². The van der Waals surface area contributed by atoms with Gasteiger partial charge in [0.2, 0.25) is 11.9 Å². The third-order valence-corrected chi connectivity index (χ3v) is 4.52. The van der Waals surface area contributed by atoms with Crippen LogP contribution in [-0.4, -0.2) is 37.4 Å². The Morgan fingerprint density at radius 2 is 2.14 bits per heavy atom. The van der Waals surface area contributed by atoms with Gasteiger partial charge in [-0.25, -0.2) is 4.39 Å². The van der Waals surface area contributed by atoms with Crippen LogP contribution in [0.1, 0.15) is 24.8 Å². The number of carbonyl (C=O) groups excluding carboxylic acids is 2. The van der Waals surface area contributed by atoms with Gasteiger partial charge in [0, 0.05) is 23.2 Å². The van der Waals surface area contributed by atoms with Crippen LogP contribution in [0.5, 0.6) is 11.8 Å². The van der Waals surface area contributed by atoms with E-state index in [1.807, 2.05) is 0 Å². The van der Waals surface area contributed by atoms with Crippen LogP contribution in [0.25, 0.3) is 11.7 Å². The second kappa shape index (κ2) is 6.66. The molecule has 3 aromatic rings. The third-order valence-electron chi connectivity index (χ3n) is 4.52. The minimum absolute atomic E-state index is 0.00108. The Morgan fingerprint density at radius 1 is 1.28 bits per heavy atom. The molecule has 2 amide bonds. The number of aromatic nitrogens is 4. The predicted molar refractivity (Wildman–Crippen MR) is 99.6 cm³/mol. The standard InChI is InChI=1S/C19H15FN6O3/c20-12-2-1-3-14(8-12)29-19-24-16-11(6-10-7-15(27)23-17(10)28)9-21-26(16)18(25-19)22-13-4-5-13/h1-3,6,8-9,13H,4-5,7H2,(H,22,24,25)(H,23,27,28)/b10-6+. The molecule has 2 N–H and O–H groups in total. The molecule has 0 spiro atoms. The van der Waals surface area contributed by atoms with Gasteiger partial charge in [-0.05, 0) is 31.1 Å². The van der Waals surface area contributed by atoms with Gasteiger partial charge < -0.3 is 10.1 Å². The number of rotatable bonds is 5. The fourth-order valence-electron chi connectivity index (χ4n) is 2.97. The Bertz CT molecular complexity index is 1180. The number of nitrogens with one attached hydrogen (secondary N) is 2. The van der Waals surface area contributed by atoms with E-state index in [4.69, 9.17) is 4.74 Å². The normalized spacial score (nSPS) is 17.8. The number of nitrogens with zero attached hydrogens (tertiary/aromatic N) is 4. The summed E-state index contributed by atoms with van der Waals surface area (Å²) >= 11 is 0. The summed E-state index contributed by atoms with van der Waals surface area (Å²) in [5.41, 5.74) is 1.26. The van der Waals surface area contributed by atoms with Crippen molar-refractivity contribution in [1.82, 2.24) is 24.9 Å². The van der Waals surface area contributed by atoms with Crippen molar-refractivity contribution in [2.24, 2.45) is 0 Å². The average Bonchev–Trinajstić information content (AvgIpc) is 3.31. The number of imide groups is 1. The number of amides is 2. The summed E-state index contributed by atoms with van der Waals surface area (Å²) < 4.78 is 20.6. The van der Waals surface area contributed by atoms with E-state index in [1.54, 1.807) is 12.1 Å². The fraction of sp³-hybridized carbons (Fsp3) is 0.211. The van der Waals surface area contributed by atoms with Gasteiger partial charge in [0.25, 0.3) is 5.91 Å². The summed E-state index contributed by atoms with van der Waals surface area (Å²) in [6.07, 6.45) is 5.15. The van der Waals surface area contributed by atoms with Gasteiger partial charge in [-0.1, -0.05) is 6.07 Å². The molecule has 3 heterocycles. The van der Waals surface area contributed by atoms with Gasteiger partial charge in [0.1, 0.15) is 11.6 Å². The molecule has 1 aliphatic heterocycles. The van der Waals surface area contributed by atoms with Crippen LogP contribution in [0, 0.1) is 5.82 Å². The molecule has 29 heavy (non-hydrogen) atoms. The van der Waals surface area contributed by atoms with E-state index in [0.29, 0.717) is 28.8 Å². The van der Waals surface area contributed by atoms with Gasteiger partial charge in [-0.3, -0.25) is 14.9 Å². The van der Waals surface area contributed by atoms with E-state index in [0.717, 1.165) is 12.8 Å². The number of carbonyl (C=O) groups is 2. The highest BCUT2D eigenvalue weighted by Crippen LogP contribution is 2.28. The van der Waals surface area contributed by atoms with Gasteiger partial charge in [-0.15, -0.1) is 0 Å². The van der Waals surface area contributed by atoms with Crippen molar-refractivity contribution < 1.29 is 18.7 Å². The Labute approximate surface area is 163 Å². The van der Waals surface area contributed by atoms with E-state index in [-0.39, 0.29) is 24.1 Å². The first-order chi connectivity index (χ1) is 14.0. The SMILES string of the molecule is O=C1C/C(=C\c2cnn3c(NC4CC4)nc(Oc4cccc(F)c4)nc23)C(=O)N1. The lowest BCUT2D eigenvalue weighted by Gasteiger charge is -2.09. The molecule has 1 saturated carbocycles. The lowest BCUT2D eigenvalue weighted by Crippen LogP contribution is -2.19. The number of fused-ring (bicyclic) bond motifs is 1. The summed E-state index contributed by atoms with van der Waals surface area (Å²) in [7, 11) is 0. The predicted octanol–water partition coefficient (Wildman–Crippen LogP) is 2.06. The van der Waals surface area contributed by atoms with Gasteiger partial charge in [-0.2, -0.15) is 19.6 Å². The topological polar surface area (TPSA) is 111 Å². The molecule has 0 radical (unpaired) electrons. The Hall–Kier alpha value is -3.82. The van der Waals surface area contributed by atoms with Crippen LogP contribution < -0.4 is 15.4 Å². The van der Waals surface area contributed by atoms with Crippen molar-refractivity contribution in [2.75, 3.05) is 5.32 Å². The highest BCUT2D eigenvalue weighted by Gasteiger charge is 2.26. The first kappa shape index (κ1) is 17.3. The second-order valence-electron chi connectivity index (χ2n) is 6.87. The molecule has 9 nitrogen and oxygen atoms in total. The van der Waals surface area contributed by atoms with Crippen LogP contribution in [0.15, 0.2) is 36.0 Å². The molecule has 0 atom stereocenters. The van der Waals surface area contributed by atoms with E-state index in [1.165, 1.54) is 28.9 Å². The minimum atomic E-state index is -0.438. The summed E-state index contributed by atoms with van der Waals surface area (Å²) in [5, 5.41) is 9.80. The maximum Gasteiger partial charge on any atom is 0.327 e. The van der Waals surface area contributed by atoms with E-state index < -0.39 is 11.7 Å². The van der Waals surface area contributed by atoms with E-state index in [9.17, 15) is 14.0 Å². The zero-order chi connectivity index (χ0) is 20.0. The number of hydrogen-bond donors (Lipinski definition) is 2. The highest BCUT2D eigenvalue weighted by atomic mass is 19.1. The summed E-state index contributed by atoms with van der Waals surface area (Å²) in [6.45, 7) is 0. The van der Waals surface area contributed by atoms with Gasteiger partial charge in [0.05, 0.1) is 12.6 Å². The monoisotopic (exact) mass is 394 g/mol. The van der Waals surface area contributed by atoms with Crippen LogP contribution in [0.2, 0.25) is 0 Å². The van der Waals surface area contributed by atoms with Crippen molar-refractivity contribution >= 4 is 29.5 Å². The molecule has 2 aliphatic rings. The molecular weight excluding hydrogens is 379 g/mol. The lowest BCUT2D eigenvalue weighted by atomic mass is 10.1. The summed E-state index contributed by atoms with van der Waals surface area (Å²) in [5.74, 6) is -0.534. The first-order valence-corrected chi connectivity index (χ1v) is 9.05. The molecular formula is C19H15FN6O3. The zero-order valence-electron chi connectivity index (χ0n) is 15.1. The summed E-state index contributed by atoms with van der Waals surface area (Å²) in [6, 6.07) is 5.97. The number of ether oxygens (including phenoxy) is 1. The first-order valence-electron chi connectivity index (χ1n) is 9.05. The van der Waals surface area contributed by atoms with Crippen LogP contribution in [-0.2, 0) is 9.59 Å². The highest BCUT2D eigenvalue weighted by molar-refractivity contribution is 6.15. The van der Waals surface area contributed by atoms with Crippen LogP contribution >= 0.6 is 0 Å². The van der Waals surface area contributed by atoms with Crippen molar-refractivity contribution in [3.63, 3.8) is 0 Å². The second-order valence-corrected chi connectivity index (χ2v) is 6.87. The molecule has 146 valence electrons. The largest absolute Gasteiger partial charge is 0.424 e. The smallest absolute Gasteiger partial charge is 0.327 e. The Balaban J connectivity index is 1.57. The maximum absolute atomic E-state index is 13.5. The Morgan fingerprint density at radius 3 is 2.86 bits per heavy atom. The maximum atomic E-state index is 13.5. The number of halogens is 1. The molecule has 2 aromatic heterocycles. The van der Waals surface area contributed by atoms with Gasteiger partial charge in [0.15, 0.2) is 5.65 Å². The number of benzene rings is 1. The van der Waals surface area contributed by atoms with Crippen LogP contribution in [0.4, 0.5) is 10.3 Å². The molecule has 5 rings (SSSR count). The van der Waals surface area contributed by atoms with Crippen molar-refractivity contribution in [1.29, 1.82) is 0 Å². The number of anilines is 1. The molecule has 1 aliphatic carbocycles. The zero-order valence-corrected chi connectivity index (χ0v) is 15.1. The van der Waals surface area contributed by atoms with Crippen LogP contribution in [0.3, 0.4) is 0 Å². The van der Waals surface area contributed by atoms with Crippen molar-refractivity contribution in [3.8, 4) is 11.8 Å². The van der Waals surface area contributed by atoms with E-state index >= 15 is 0 Å². The van der Waals surface area contributed by atoms with Crippen molar-refractivity contribution in [3.05, 3.63) is 47.4 Å². The molecule has 1 saturated heterocycles. The summed E-state index contributed by atoms with van der Waals surface area (Å²) in [4.78, 5) is 32.1. The molecule has 10 heteroatoms. The molecule has 1 aromatic carbocycles. The molecule has 0 unspecified atom stereocenters.